The molecule has 18 heavy (non-hydrogen) atoms. The van der Waals surface area contributed by atoms with Gasteiger partial charge in [0, 0.05) is 25.2 Å². The molecule has 0 amide bonds. The minimum Gasteiger partial charge on any atom is -0.465 e. The zero-order valence-electron chi connectivity index (χ0n) is 11.6. The molecule has 1 unspecified atom stereocenters. The van der Waals surface area contributed by atoms with Gasteiger partial charge in [-0.1, -0.05) is 6.92 Å². The number of nitrogens with two attached hydrogens (primary N) is 1. The van der Waals surface area contributed by atoms with Crippen LogP contribution in [0.15, 0.2) is 9.31 Å². The molecule has 1 heterocycles. The van der Waals surface area contributed by atoms with Crippen LogP contribution in [0.4, 0.5) is 0 Å². The van der Waals surface area contributed by atoms with Crippen molar-refractivity contribution in [1.82, 2.24) is 4.31 Å². The number of rotatable bonds is 5. The normalized spacial score (nSPS) is 14.2. The van der Waals surface area contributed by atoms with Crippen LogP contribution in [-0.2, 0) is 16.6 Å². The van der Waals surface area contributed by atoms with Gasteiger partial charge in [0.2, 0.25) is 10.0 Å². The standard InChI is InChI=1S/C12H22N2O3S/c1-6-8(2)14(5)18(15,16)12-10(4)17-9(3)11(12)7-13/h8H,6-7,13H2,1-5H3. The summed E-state index contributed by atoms with van der Waals surface area (Å²) in [7, 11) is -1.95. The molecule has 6 heteroatoms. The van der Waals surface area contributed by atoms with Gasteiger partial charge < -0.3 is 10.2 Å². The lowest BCUT2D eigenvalue weighted by atomic mass is 10.2. The second-order valence-electron chi connectivity index (χ2n) is 4.50. The number of aryl methyl sites for hydroxylation is 2. The summed E-state index contributed by atoms with van der Waals surface area (Å²) in [6.45, 7) is 7.38. The van der Waals surface area contributed by atoms with E-state index in [4.69, 9.17) is 10.2 Å². The molecule has 1 aromatic heterocycles. The van der Waals surface area contributed by atoms with Gasteiger partial charge in [0.05, 0.1) is 0 Å². The van der Waals surface area contributed by atoms with Crippen molar-refractivity contribution in [2.45, 2.75) is 51.6 Å². The monoisotopic (exact) mass is 274 g/mol. The van der Waals surface area contributed by atoms with E-state index in [-0.39, 0.29) is 17.5 Å². The van der Waals surface area contributed by atoms with E-state index in [2.05, 4.69) is 0 Å². The van der Waals surface area contributed by atoms with Gasteiger partial charge in [-0.05, 0) is 27.2 Å². The summed E-state index contributed by atoms with van der Waals surface area (Å²) in [6, 6.07) is -0.0600. The lowest BCUT2D eigenvalue weighted by molar-refractivity contribution is 0.379. The predicted molar refractivity (Wildman–Crippen MR) is 70.8 cm³/mol. The van der Waals surface area contributed by atoms with Gasteiger partial charge in [0.15, 0.2) is 0 Å². The SMILES string of the molecule is CCC(C)N(C)S(=O)(=O)c1c(C)oc(C)c1CN. The molecule has 5 nitrogen and oxygen atoms in total. The minimum absolute atomic E-state index is 0.0600. The third kappa shape index (κ3) is 2.46. The van der Waals surface area contributed by atoms with Crippen LogP contribution >= 0.6 is 0 Å². The highest BCUT2D eigenvalue weighted by molar-refractivity contribution is 7.89. The van der Waals surface area contributed by atoms with Gasteiger partial charge in [0.25, 0.3) is 0 Å². The molecule has 0 spiro atoms. The van der Waals surface area contributed by atoms with Crippen molar-refractivity contribution in [2.24, 2.45) is 5.73 Å². The van der Waals surface area contributed by atoms with Crippen LogP contribution in [0.1, 0.15) is 37.4 Å². The third-order valence-electron chi connectivity index (χ3n) is 3.38. The van der Waals surface area contributed by atoms with E-state index in [0.29, 0.717) is 17.1 Å². The largest absolute Gasteiger partial charge is 0.465 e. The number of nitrogens with zero attached hydrogens (tertiary/aromatic N) is 1. The van der Waals surface area contributed by atoms with E-state index in [1.807, 2.05) is 13.8 Å². The average Bonchev–Trinajstić information content (AvgIpc) is 2.61. The van der Waals surface area contributed by atoms with Crippen LogP contribution in [0.3, 0.4) is 0 Å². The summed E-state index contributed by atoms with van der Waals surface area (Å²) in [5, 5.41) is 0. The van der Waals surface area contributed by atoms with Crippen molar-refractivity contribution in [2.75, 3.05) is 7.05 Å². The maximum atomic E-state index is 12.6. The zero-order chi connectivity index (χ0) is 14.1. The van der Waals surface area contributed by atoms with Crippen LogP contribution in [-0.4, -0.2) is 25.8 Å². The Kier molecular flexibility index (Phi) is 4.58. The Balaban J connectivity index is 3.37. The fourth-order valence-corrected chi connectivity index (χ4v) is 3.78. The first-order chi connectivity index (χ1) is 8.27. The Hall–Kier alpha value is -0.850. The predicted octanol–water partition coefficient (Wildman–Crippen LogP) is 1.77. The molecule has 0 radical (unpaired) electrons. The molecule has 0 saturated carbocycles. The van der Waals surface area contributed by atoms with Gasteiger partial charge >= 0.3 is 0 Å². The molecule has 1 rings (SSSR count). The van der Waals surface area contributed by atoms with Crippen molar-refractivity contribution in [3.05, 3.63) is 17.1 Å². The fraction of sp³-hybridized carbons (Fsp3) is 0.667. The maximum Gasteiger partial charge on any atom is 0.246 e. The highest BCUT2D eigenvalue weighted by Gasteiger charge is 2.31. The molecule has 0 aromatic carbocycles. The first-order valence-electron chi connectivity index (χ1n) is 6.04. The Labute approximate surface area is 109 Å². The van der Waals surface area contributed by atoms with Crippen LogP contribution in [0.2, 0.25) is 0 Å². The summed E-state index contributed by atoms with van der Waals surface area (Å²) < 4.78 is 31.9. The number of furan rings is 1. The van der Waals surface area contributed by atoms with Gasteiger partial charge in [0.1, 0.15) is 16.4 Å². The van der Waals surface area contributed by atoms with Crippen molar-refractivity contribution in [1.29, 1.82) is 0 Å². The summed E-state index contributed by atoms with van der Waals surface area (Å²) in [6.07, 6.45) is 0.754. The molecule has 0 saturated heterocycles. The van der Waals surface area contributed by atoms with Crippen LogP contribution in [0.5, 0.6) is 0 Å². The molecule has 0 aliphatic carbocycles. The highest BCUT2D eigenvalue weighted by Crippen LogP contribution is 2.29. The van der Waals surface area contributed by atoms with Crippen LogP contribution in [0, 0.1) is 13.8 Å². The number of hydrogen-bond acceptors (Lipinski definition) is 4. The minimum atomic E-state index is -3.54. The molecule has 0 fully saturated rings. The van der Waals surface area contributed by atoms with Gasteiger partial charge in [-0.25, -0.2) is 8.42 Å². The summed E-state index contributed by atoms with van der Waals surface area (Å²) >= 11 is 0. The quantitative estimate of drug-likeness (QED) is 0.887. The van der Waals surface area contributed by atoms with E-state index < -0.39 is 10.0 Å². The summed E-state index contributed by atoms with van der Waals surface area (Å²) in [5.41, 5.74) is 6.20. The topological polar surface area (TPSA) is 76.5 Å². The van der Waals surface area contributed by atoms with E-state index in [1.165, 1.54) is 4.31 Å². The van der Waals surface area contributed by atoms with Crippen molar-refractivity contribution >= 4 is 10.0 Å². The Morgan fingerprint density at radius 2 is 1.89 bits per heavy atom. The second kappa shape index (κ2) is 5.42. The second-order valence-corrected chi connectivity index (χ2v) is 6.44. The van der Waals surface area contributed by atoms with Crippen LogP contribution < -0.4 is 5.73 Å². The molecular formula is C12H22N2O3S. The van der Waals surface area contributed by atoms with Gasteiger partial charge in [-0.3, -0.25) is 0 Å². The smallest absolute Gasteiger partial charge is 0.246 e. The van der Waals surface area contributed by atoms with Gasteiger partial charge in [-0.2, -0.15) is 4.31 Å². The van der Waals surface area contributed by atoms with Crippen molar-refractivity contribution in [3.8, 4) is 0 Å². The maximum absolute atomic E-state index is 12.6. The number of sulfonamides is 1. The lowest BCUT2D eigenvalue weighted by Crippen LogP contribution is -2.35. The lowest BCUT2D eigenvalue weighted by Gasteiger charge is -2.23. The molecule has 104 valence electrons. The molecule has 1 aromatic rings. The summed E-state index contributed by atoms with van der Waals surface area (Å²) in [4.78, 5) is 0.227. The molecule has 1 atom stereocenters. The molecular weight excluding hydrogens is 252 g/mol. The van der Waals surface area contributed by atoms with E-state index in [0.717, 1.165) is 6.42 Å². The average molecular weight is 274 g/mol. The van der Waals surface area contributed by atoms with Gasteiger partial charge in [-0.15, -0.1) is 0 Å². The fourth-order valence-electron chi connectivity index (χ4n) is 1.92. The highest BCUT2D eigenvalue weighted by atomic mass is 32.2. The first kappa shape index (κ1) is 15.2. The molecule has 0 aliphatic rings. The Morgan fingerprint density at radius 3 is 2.33 bits per heavy atom. The summed E-state index contributed by atoms with van der Waals surface area (Å²) in [5.74, 6) is 0.981. The van der Waals surface area contributed by atoms with Crippen molar-refractivity contribution < 1.29 is 12.8 Å². The Bertz CT molecular complexity index is 520. The van der Waals surface area contributed by atoms with E-state index in [9.17, 15) is 8.42 Å². The van der Waals surface area contributed by atoms with Crippen LogP contribution in [0.25, 0.3) is 0 Å². The molecule has 0 bridgehead atoms. The zero-order valence-corrected chi connectivity index (χ0v) is 12.5. The molecule has 2 N–H and O–H groups in total. The molecule has 0 aliphatic heterocycles. The van der Waals surface area contributed by atoms with E-state index >= 15 is 0 Å². The number of hydrogen-bond donors (Lipinski definition) is 1. The third-order valence-corrected chi connectivity index (χ3v) is 5.55. The first-order valence-corrected chi connectivity index (χ1v) is 7.48. The van der Waals surface area contributed by atoms with Crippen molar-refractivity contribution in [3.63, 3.8) is 0 Å². The van der Waals surface area contributed by atoms with E-state index in [1.54, 1.807) is 20.9 Å². The Morgan fingerprint density at radius 1 is 1.33 bits per heavy atom.